The maximum Gasteiger partial charge on any atom is 0.329 e. The molecule has 3 aromatic carbocycles. The quantitative estimate of drug-likeness (QED) is 0.214. The summed E-state index contributed by atoms with van der Waals surface area (Å²) in [4.78, 5) is 54.2. The minimum Gasteiger partial charge on any atom is -0.506 e. The fourth-order valence-electron chi connectivity index (χ4n) is 8.62. The molecule has 3 amide bonds. The molecule has 1 unspecified atom stereocenters. The zero-order valence-electron chi connectivity index (χ0n) is 30.5. The zero-order valence-corrected chi connectivity index (χ0v) is 31.3. The van der Waals surface area contributed by atoms with Gasteiger partial charge < -0.3 is 19.6 Å². The third-order valence-corrected chi connectivity index (χ3v) is 13.0. The molecule has 4 aromatic rings. The number of aromatic nitrogens is 2. The molecule has 0 aliphatic carbocycles. The van der Waals surface area contributed by atoms with Crippen LogP contribution in [0.1, 0.15) is 56.0 Å². The second kappa shape index (κ2) is 14.6. The smallest absolute Gasteiger partial charge is 0.329 e. The highest BCUT2D eigenvalue weighted by Crippen LogP contribution is 2.39. The fourth-order valence-corrected chi connectivity index (χ4v) is 9.78. The minimum absolute atomic E-state index is 0.0731. The van der Waals surface area contributed by atoms with Crippen molar-refractivity contribution in [2.45, 2.75) is 50.5 Å². The SMILES string of the molecule is Cn1c(=O)n(C2CCC(=O)NC2=O)c2ccc(C3CCN(CCN4CCC[C@H](COc5ccc6cc(O)c(N7CC(=O)NS7(=O)=O)c(F)c6c5)C4)CC3)cc21. The lowest BCUT2D eigenvalue weighted by molar-refractivity contribution is -0.135. The van der Waals surface area contributed by atoms with Crippen molar-refractivity contribution in [1.29, 1.82) is 0 Å². The molecule has 4 aliphatic rings. The number of aryl methyl sites for hydroxylation is 1. The van der Waals surface area contributed by atoms with Gasteiger partial charge >= 0.3 is 15.9 Å². The van der Waals surface area contributed by atoms with E-state index in [1.807, 2.05) is 6.07 Å². The van der Waals surface area contributed by atoms with E-state index in [-0.39, 0.29) is 29.3 Å². The number of ether oxygens (including phenoxy) is 1. The summed E-state index contributed by atoms with van der Waals surface area (Å²) in [6.45, 7) is 5.52. The summed E-state index contributed by atoms with van der Waals surface area (Å²) in [5.41, 5.74) is 1.82. The lowest BCUT2D eigenvalue weighted by Crippen LogP contribution is -2.44. The molecule has 5 heterocycles. The van der Waals surface area contributed by atoms with Crippen molar-refractivity contribution in [1.82, 2.24) is 29.0 Å². The maximum atomic E-state index is 15.7. The van der Waals surface area contributed by atoms with E-state index in [2.05, 4.69) is 27.2 Å². The van der Waals surface area contributed by atoms with Crippen LogP contribution in [0.25, 0.3) is 21.8 Å². The Morgan fingerprint density at radius 1 is 0.909 bits per heavy atom. The first-order chi connectivity index (χ1) is 26.4. The van der Waals surface area contributed by atoms with E-state index in [4.69, 9.17) is 4.74 Å². The number of amides is 3. The number of fused-ring (bicyclic) bond motifs is 2. The van der Waals surface area contributed by atoms with Crippen molar-refractivity contribution >= 4 is 55.4 Å². The maximum absolute atomic E-state index is 15.7. The van der Waals surface area contributed by atoms with Gasteiger partial charge in [0, 0.05) is 44.4 Å². The van der Waals surface area contributed by atoms with Crippen LogP contribution in [-0.2, 0) is 31.6 Å². The fraction of sp³-hybridized carbons (Fsp3) is 0.474. The summed E-state index contributed by atoms with van der Waals surface area (Å²) in [5.74, 6) is -2.04. The number of imide groups is 1. The summed E-state index contributed by atoms with van der Waals surface area (Å²) in [5, 5.41) is 13.3. The van der Waals surface area contributed by atoms with Crippen molar-refractivity contribution < 1.29 is 37.0 Å². The van der Waals surface area contributed by atoms with E-state index in [9.17, 15) is 32.7 Å². The van der Waals surface area contributed by atoms with Crippen LogP contribution >= 0.6 is 0 Å². The number of likely N-dealkylation sites (tertiary alicyclic amines) is 2. The van der Waals surface area contributed by atoms with Crippen LogP contribution in [0.3, 0.4) is 0 Å². The third kappa shape index (κ3) is 7.15. The Hall–Kier alpha value is -5.00. The van der Waals surface area contributed by atoms with Crippen molar-refractivity contribution in [2.75, 3.05) is 56.7 Å². The van der Waals surface area contributed by atoms with E-state index in [1.54, 1.807) is 28.5 Å². The van der Waals surface area contributed by atoms with Gasteiger partial charge in [0.15, 0.2) is 5.82 Å². The summed E-state index contributed by atoms with van der Waals surface area (Å²) >= 11 is 0. The summed E-state index contributed by atoms with van der Waals surface area (Å²) in [6.07, 6.45) is 4.55. The molecule has 8 rings (SSSR count). The minimum atomic E-state index is -4.32. The predicted octanol–water partition coefficient (Wildman–Crippen LogP) is 2.47. The lowest BCUT2D eigenvalue weighted by Gasteiger charge is -2.36. The van der Waals surface area contributed by atoms with E-state index < -0.39 is 51.9 Å². The molecule has 0 radical (unpaired) electrons. The second-order valence-electron chi connectivity index (χ2n) is 15.1. The Morgan fingerprint density at radius 3 is 2.44 bits per heavy atom. The number of hydrogen-bond acceptors (Lipinski definition) is 10. The number of nitrogens with zero attached hydrogens (tertiary/aromatic N) is 5. The van der Waals surface area contributed by atoms with Gasteiger partial charge in [0.25, 0.3) is 5.91 Å². The highest BCUT2D eigenvalue weighted by Gasteiger charge is 2.38. The van der Waals surface area contributed by atoms with Gasteiger partial charge in [-0.3, -0.25) is 28.8 Å². The molecule has 3 N–H and O–H groups in total. The highest BCUT2D eigenvalue weighted by molar-refractivity contribution is 7.92. The molecule has 4 aliphatic heterocycles. The Kier molecular flexibility index (Phi) is 9.79. The van der Waals surface area contributed by atoms with E-state index in [0.29, 0.717) is 39.9 Å². The molecular weight excluding hydrogens is 734 g/mol. The number of phenols is 1. The number of nitrogens with one attached hydrogen (secondary N) is 2. The molecule has 17 heteroatoms. The van der Waals surface area contributed by atoms with Crippen LogP contribution < -0.4 is 24.8 Å². The Morgan fingerprint density at radius 2 is 1.69 bits per heavy atom. The third-order valence-electron chi connectivity index (χ3n) is 11.6. The molecule has 2 atom stereocenters. The van der Waals surface area contributed by atoms with Crippen LogP contribution in [0.4, 0.5) is 10.1 Å². The Balaban J connectivity index is 0.840. The standard InChI is InChI=1S/C38H44FN7O8S/c1-42-31-17-25(5-7-29(31)46(38(42)51)30-8-9-33(48)40-37(30)50)24-10-13-43(14-11-24)15-16-44-12-2-3-23(20-44)22-54-27-6-4-26-18-32(47)36(35(39)28(26)19-27)45-21-34(49)41-55(45,52)53/h4-7,17-19,23-24,30,47H,2-3,8-16,20-22H2,1H3,(H,41,49)(H,40,48,50)/t23-,30?/m0/s1. The van der Waals surface area contributed by atoms with Crippen LogP contribution in [0, 0.1) is 11.7 Å². The van der Waals surface area contributed by atoms with Crippen molar-refractivity contribution in [3.8, 4) is 11.5 Å². The normalized spacial score (nSPS) is 22.7. The van der Waals surface area contributed by atoms with Gasteiger partial charge in [-0.25, -0.2) is 18.2 Å². The molecule has 0 spiro atoms. The van der Waals surface area contributed by atoms with Gasteiger partial charge in [-0.1, -0.05) is 12.1 Å². The van der Waals surface area contributed by atoms with E-state index in [1.165, 1.54) is 22.3 Å². The van der Waals surface area contributed by atoms with Gasteiger partial charge in [0.1, 0.15) is 29.8 Å². The molecule has 292 valence electrons. The topological polar surface area (TPSA) is 176 Å². The Bertz CT molecular complexity index is 2370. The summed E-state index contributed by atoms with van der Waals surface area (Å²) < 4.78 is 52.0. The number of rotatable bonds is 9. The monoisotopic (exact) mass is 777 g/mol. The van der Waals surface area contributed by atoms with Crippen LogP contribution in [-0.4, -0.2) is 103 Å². The number of carbonyl (C=O) groups excluding carboxylic acids is 3. The largest absolute Gasteiger partial charge is 0.506 e. The number of halogens is 1. The number of hydrogen-bond donors (Lipinski definition) is 3. The number of benzene rings is 3. The predicted molar refractivity (Wildman–Crippen MR) is 202 cm³/mol. The van der Waals surface area contributed by atoms with Crippen molar-refractivity contribution in [2.24, 2.45) is 13.0 Å². The summed E-state index contributed by atoms with van der Waals surface area (Å²) in [6, 6.07) is 11.4. The molecule has 55 heavy (non-hydrogen) atoms. The number of imidazole rings is 1. The number of phenolic OH excluding ortho intramolecular Hbond substituents is 1. The van der Waals surface area contributed by atoms with Gasteiger partial charge in [-0.05, 0) is 98.9 Å². The molecule has 4 saturated heterocycles. The number of aromatic hydroxyl groups is 1. The molecule has 15 nitrogen and oxygen atoms in total. The molecule has 0 saturated carbocycles. The van der Waals surface area contributed by atoms with Crippen LogP contribution in [0.2, 0.25) is 0 Å². The second-order valence-corrected chi connectivity index (χ2v) is 16.7. The first kappa shape index (κ1) is 36.9. The first-order valence-corrected chi connectivity index (χ1v) is 20.2. The average Bonchev–Trinajstić information content (AvgIpc) is 3.58. The van der Waals surface area contributed by atoms with Crippen LogP contribution in [0.15, 0.2) is 47.3 Å². The average molecular weight is 778 g/mol. The first-order valence-electron chi connectivity index (χ1n) is 18.8. The van der Waals surface area contributed by atoms with E-state index in [0.717, 1.165) is 70.5 Å². The van der Waals surface area contributed by atoms with Crippen LogP contribution in [0.5, 0.6) is 11.5 Å². The molecule has 0 bridgehead atoms. The molecular formula is C38H44FN7O8S. The van der Waals surface area contributed by atoms with Crippen molar-refractivity contribution in [3.63, 3.8) is 0 Å². The van der Waals surface area contributed by atoms with Gasteiger partial charge in [-0.15, -0.1) is 0 Å². The lowest BCUT2D eigenvalue weighted by atomic mass is 9.89. The number of anilines is 1. The van der Waals surface area contributed by atoms with Gasteiger partial charge in [0.05, 0.1) is 17.6 Å². The van der Waals surface area contributed by atoms with Gasteiger partial charge in [-0.2, -0.15) is 8.42 Å². The van der Waals surface area contributed by atoms with E-state index >= 15 is 4.39 Å². The van der Waals surface area contributed by atoms with Crippen molar-refractivity contribution in [3.05, 3.63) is 64.3 Å². The Labute approximate surface area is 316 Å². The molecule has 1 aromatic heterocycles. The summed E-state index contributed by atoms with van der Waals surface area (Å²) in [7, 11) is -2.59. The number of piperidine rings is 3. The number of carbonyl (C=O) groups is 3. The zero-order chi connectivity index (χ0) is 38.6. The molecule has 4 fully saturated rings. The van der Waals surface area contributed by atoms with Gasteiger partial charge in [0.2, 0.25) is 11.8 Å². The highest BCUT2D eigenvalue weighted by atomic mass is 32.2.